The Morgan fingerprint density at radius 2 is 1.86 bits per heavy atom. The van der Waals surface area contributed by atoms with Crippen LogP contribution in [0.2, 0.25) is 0 Å². The lowest BCUT2D eigenvalue weighted by molar-refractivity contribution is -0.385. The molecule has 0 saturated carbocycles. The summed E-state index contributed by atoms with van der Waals surface area (Å²) in [6.07, 6.45) is 1.97. The van der Waals surface area contributed by atoms with Gasteiger partial charge in [0.25, 0.3) is 0 Å². The molecule has 0 saturated heterocycles. The molecule has 2 aromatic carbocycles. The van der Waals surface area contributed by atoms with E-state index < -0.39 is 23.1 Å². The first kappa shape index (κ1) is 20.1. The molecule has 3 rings (SSSR count). The highest BCUT2D eigenvalue weighted by molar-refractivity contribution is 5.87. The van der Waals surface area contributed by atoms with Crippen molar-refractivity contribution in [3.63, 3.8) is 0 Å². The fraction of sp³-hybridized carbons (Fsp3) is 0.238. The highest BCUT2D eigenvalue weighted by Gasteiger charge is 2.20. The van der Waals surface area contributed by atoms with Gasteiger partial charge in [-0.05, 0) is 31.0 Å². The van der Waals surface area contributed by atoms with Gasteiger partial charge in [-0.2, -0.15) is 0 Å². The maximum absolute atomic E-state index is 12.4. The summed E-state index contributed by atoms with van der Waals surface area (Å²) in [6, 6.07) is 12.5. The van der Waals surface area contributed by atoms with E-state index in [9.17, 15) is 19.7 Å². The highest BCUT2D eigenvalue weighted by Crippen LogP contribution is 2.29. The van der Waals surface area contributed by atoms with E-state index in [2.05, 4.69) is 0 Å². The summed E-state index contributed by atoms with van der Waals surface area (Å²) in [5.74, 6) is -0.684. The van der Waals surface area contributed by atoms with E-state index in [0.717, 1.165) is 12.8 Å². The fourth-order valence-electron chi connectivity index (χ4n) is 2.86. The van der Waals surface area contributed by atoms with Crippen molar-refractivity contribution < 1.29 is 23.6 Å². The third-order valence-electron chi connectivity index (χ3n) is 4.26. The van der Waals surface area contributed by atoms with Gasteiger partial charge in [0.05, 0.1) is 15.9 Å². The summed E-state index contributed by atoms with van der Waals surface area (Å²) in [5.41, 5.74) is -0.223. The topological polar surface area (TPSA) is 109 Å². The Bertz CT molecular complexity index is 1100. The molecule has 1 heterocycles. The highest BCUT2D eigenvalue weighted by atomic mass is 16.6. The van der Waals surface area contributed by atoms with Crippen LogP contribution in [0.4, 0.5) is 5.69 Å². The molecule has 0 bridgehead atoms. The lowest BCUT2D eigenvalue weighted by Crippen LogP contribution is -2.21. The van der Waals surface area contributed by atoms with Gasteiger partial charge in [0.2, 0.25) is 0 Å². The zero-order valence-corrected chi connectivity index (χ0v) is 15.8. The van der Waals surface area contributed by atoms with Crippen LogP contribution in [0, 0.1) is 10.1 Å². The maximum Gasteiger partial charge on any atom is 0.349 e. The van der Waals surface area contributed by atoms with Crippen LogP contribution >= 0.6 is 0 Å². The Morgan fingerprint density at radius 3 is 2.62 bits per heavy atom. The second kappa shape index (κ2) is 9.01. The summed E-state index contributed by atoms with van der Waals surface area (Å²) in [4.78, 5) is 35.2. The first-order valence-electron chi connectivity index (χ1n) is 9.13. The number of rotatable bonds is 8. The summed E-state index contributed by atoms with van der Waals surface area (Å²) in [6.45, 7) is 1.43. The third-order valence-corrected chi connectivity index (χ3v) is 4.26. The van der Waals surface area contributed by atoms with E-state index in [0.29, 0.717) is 17.4 Å². The Balaban J connectivity index is 1.86. The molecule has 0 unspecified atom stereocenters. The Kier molecular flexibility index (Phi) is 6.23. The number of carbonyl (C=O) groups is 1. The molecule has 29 heavy (non-hydrogen) atoms. The second-order valence-corrected chi connectivity index (χ2v) is 6.28. The number of ether oxygens (including phenoxy) is 2. The van der Waals surface area contributed by atoms with Crippen LogP contribution in [-0.4, -0.2) is 17.5 Å². The smallest absolute Gasteiger partial charge is 0.349 e. The summed E-state index contributed by atoms with van der Waals surface area (Å²) in [7, 11) is 0. The Morgan fingerprint density at radius 1 is 1.14 bits per heavy atom. The molecule has 0 aliphatic carbocycles. The van der Waals surface area contributed by atoms with E-state index in [4.69, 9.17) is 13.9 Å². The van der Waals surface area contributed by atoms with Crippen molar-refractivity contribution in [1.82, 2.24) is 0 Å². The largest absolute Gasteiger partial charge is 0.475 e. The van der Waals surface area contributed by atoms with Crippen LogP contribution in [0.25, 0.3) is 11.0 Å². The average Bonchev–Trinajstić information content (AvgIpc) is 2.72. The first-order valence-corrected chi connectivity index (χ1v) is 9.13. The van der Waals surface area contributed by atoms with Gasteiger partial charge in [0.15, 0.2) is 18.1 Å². The predicted octanol–water partition coefficient (Wildman–Crippen LogP) is 4.03. The number of esters is 1. The van der Waals surface area contributed by atoms with E-state index >= 15 is 0 Å². The molecule has 0 aliphatic heterocycles. The van der Waals surface area contributed by atoms with Crippen LogP contribution in [0.1, 0.15) is 25.3 Å². The minimum Gasteiger partial charge on any atom is -0.475 e. The molecule has 0 aliphatic rings. The minimum atomic E-state index is -0.781. The SMILES string of the molecule is CCCCc1c(OC(=O)COc2ccccc2[N+](=O)[O-])c2ccccc2oc1=O. The number of unbranched alkanes of at least 4 members (excludes halogenated alkanes) is 1. The van der Waals surface area contributed by atoms with Crippen LogP contribution in [0.3, 0.4) is 0 Å². The molecule has 1 aromatic heterocycles. The van der Waals surface area contributed by atoms with Crippen LogP contribution in [0.15, 0.2) is 57.7 Å². The standard InChI is InChI=1S/C21H19NO7/c1-2-3-8-15-20(14-9-4-6-11-17(14)28-21(15)24)29-19(23)13-27-18-12-7-5-10-16(18)22(25)26/h4-7,9-12H,2-3,8,13H2,1H3. The quantitative estimate of drug-likeness (QED) is 0.244. The van der Waals surface area contributed by atoms with E-state index in [1.54, 1.807) is 30.3 Å². The van der Waals surface area contributed by atoms with Crippen molar-refractivity contribution in [3.05, 3.63) is 74.6 Å². The van der Waals surface area contributed by atoms with Gasteiger partial charge < -0.3 is 13.9 Å². The molecule has 0 atom stereocenters. The van der Waals surface area contributed by atoms with Crippen LogP contribution in [-0.2, 0) is 11.2 Å². The molecular weight excluding hydrogens is 378 g/mol. The van der Waals surface area contributed by atoms with Crippen molar-refractivity contribution in [2.24, 2.45) is 0 Å². The summed E-state index contributed by atoms with van der Waals surface area (Å²) < 4.78 is 16.1. The van der Waals surface area contributed by atoms with Crippen molar-refractivity contribution in [2.75, 3.05) is 6.61 Å². The van der Waals surface area contributed by atoms with E-state index in [-0.39, 0.29) is 22.7 Å². The molecule has 0 N–H and O–H groups in total. The molecule has 0 radical (unpaired) electrons. The third kappa shape index (κ3) is 4.60. The van der Waals surface area contributed by atoms with Gasteiger partial charge in [0.1, 0.15) is 5.58 Å². The number of nitro groups is 1. The second-order valence-electron chi connectivity index (χ2n) is 6.28. The molecule has 8 nitrogen and oxygen atoms in total. The van der Waals surface area contributed by atoms with Gasteiger partial charge in [-0.3, -0.25) is 10.1 Å². The number of benzene rings is 2. The Hall–Kier alpha value is -3.68. The zero-order chi connectivity index (χ0) is 20.8. The summed E-state index contributed by atoms with van der Waals surface area (Å²) >= 11 is 0. The van der Waals surface area contributed by atoms with Gasteiger partial charge in [-0.15, -0.1) is 0 Å². The molecule has 150 valence electrons. The van der Waals surface area contributed by atoms with Gasteiger partial charge in [0, 0.05) is 6.07 Å². The number of carbonyl (C=O) groups excluding carboxylic acids is 1. The number of hydrogen-bond acceptors (Lipinski definition) is 7. The Labute approximate surface area is 165 Å². The van der Waals surface area contributed by atoms with Crippen LogP contribution < -0.4 is 15.1 Å². The van der Waals surface area contributed by atoms with Gasteiger partial charge in [-0.25, -0.2) is 9.59 Å². The molecule has 3 aromatic rings. The van der Waals surface area contributed by atoms with Crippen molar-refractivity contribution >= 4 is 22.6 Å². The number of nitrogens with zero attached hydrogens (tertiary/aromatic N) is 1. The van der Waals surface area contributed by atoms with Crippen molar-refractivity contribution in [3.8, 4) is 11.5 Å². The number of fused-ring (bicyclic) bond motifs is 1. The lowest BCUT2D eigenvalue weighted by atomic mass is 10.1. The summed E-state index contributed by atoms with van der Waals surface area (Å²) in [5, 5.41) is 11.5. The normalized spacial score (nSPS) is 10.7. The van der Waals surface area contributed by atoms with Gasteiger partial charge >= 0.3 is 17.3 Å². The number of nitro benzene ring substituents is 1. The lowest BCUT2D eigenvalue weighted by Gasteiger charge is -2.12. The number of hydrogen-bond donors (Lipinski definition) is 0. The van der Waals surface area contributed by atoms with Crippen molar-refractivity contribution in [1.29, 1.82) is 0 Å². The molecule has 0 amide bonds. The minimum absolute atomic E-state index is 0.0434. The van der Waals surface area contributed by atoms with Crippen molar-refractivity contribution in [2.45, 2.75) is 26.2 Å². The first-order chi connectivity index (χ1) is 14.0. The van der Waals surface area contributed by atoms with Crippen LogP contribution in [0.5, 0.6) is 11.5 Å². The van der Waals surface area contributed by atoms with Gasteiger partial charge in [-0.1, -0.05) is 37.6 Å². The molecular formula is C21H19NO7. The fourth-order valence-corrected chi connectivity index (χ4v) is 2.86. The van der Waals surface area contributed by atoms with E-state index in [1.807, 2.05) is 6.92 Å². The molecule has 8 heteroatoms. The predicted molar refractivity (Wildman–Crippen MR) is 105 cm³/mol. The number of para-hydroxylation sites is 3. The average molecular weight is 397 g/mol. The molecule has 0 fully saturated rings. The molecule has 0 spiro atoms. The monoisotopic (exact) mass is 397 g/mol. The zero-order valence-electron chi connectivity index (χ0n) is 15.8. The van der Waals surface area contributed by atoms with E-state index in [1.165, 1.54) is 18.2 Å². The maximum atomic E-state index is 12.4.